The fourth-order valence-electron chi connectivity index (χ4n) is 0.955. The Morgan fingerprint density at radius 3 is 2.54 bits per heavy atom. The molecule has 1 rings (SSSR count). The first-order chi connectivity index (χ1) is 6.04. The second-order valence-corrected chi connectivity index (χ2v) is 2.55. The summed E-state index contributed by atoms with van der Waals surface area (Å²) in [7, 11) is 0. The van der Waals surface area contributed by atoms with Gasteiger partial charge < -0.3 is 0 Å². The molecule has 2 nitrogen and oxygen atoms in total. The highest BCUT2D eigenvalue weighted by Crippen LogP contribution is 2.29. The van der Waals surface area contributed by atoms with Crippen LogP contribution in [0.1, 0.15) is 11.1 Å². The molecule has 1 aromatic rings. The first-order valence-corrected chi connectivity index (χ1v) is 3.57. The van der Waals surface area contributed by atoms with E-state index in [0.29, 0.717) is 5.56 Å². The van der Waals surface area contributed by atoms with Gasteiger partial charge in [0.2, 0.25) is 0 Å². The summed E-state index contributed by atoms with van der Waals surface area (Å²) in [5, 5.41) is 0. The summed E-state index contributed by atoms with van der Waals surface area (Å²) in [6.07, 6.45) is -4.29. The average molecular weight is 192 g/mol. The van der Waals surface area contributed by atoms with Gasteiger partial charge in [-0.3, -0.25) is 0 Å². The molecule has 72 valence electrons. The molecule has 3 N–H and O–H groups in total. The maximum Gasteiger partial charge on any atom is 0.416 e. The summed E-state index contributed by atoms with van der Waals surface area (Å²) >= 11 is 0. The maximum absolute atomic E-state index is 12.2. The lowest BCUT2D eigenvalue weighted by atomic mass is 10.1. The minimum atomic E-state index is -4.29. The van der Waals surface area contributed by atoms with Crippen LogP contribution < -0.4 is 5.90 Å². The largest absolute Gasteiger partial charge is 0.416 e. The van der Waals surface area contributed by atoms with Crippen LogP contribution in [0.15, 0.2) is 24.3 Å². The summed E-state index contributed by atoms with van der Waals surface area (Å²) in [5.74, 6) is 3.09. The van der Waals surface area contributed by atoms with E-state index in [1.807, 2.05) is 0 Å². The molecule has 0 unspecified atom stereocenters. The van der Waals surface area contributed by atoms with E-state index in [0.717, 1.165) is 12.1 Å². The number of hydrogen-bond donors (Lipinski definition) is 1. The van der Waals surface area contributed by atoms with E-state index < -0.39 is 11.7 Å². The van der Waals surface area contributed by atoms with Crippen LogP contribution in [0.4, 0.5) is 13.2 Å². The molecule has 13 heavy (non-hydrogen) atoms. The predicted molar refractivity (Wildman–Crippen MR) is 39.1 cm³/mol. The number of benzene rings is 1. The molecule has 0 aliphatic rings. The molecule has 0 atom stereocenters. The minimum Gasteiger partial charge on any atom is -0.212 e. The smallest absolute Gasteiger partial charge is 0.212 e. The monoisotopic (exact) mass is 192 g/mol. The average Bonchev–Trinajstić information content (AvgIpc) is 2.04. The fraction of sp³-hybridized carbons (Fsp3) is 0.250. The van der Waals surface area contributed by atoms with E-state index >= 15 is 0 Å². The third-order valence-electron chi connectivity index (χ3n) is 1.52. The molecule has 0 fully saturated rings. The Bertz CT molecular complexity index is 285. The van der Waals surface area contributed by atoms with Crippen molar-refractivity contribution in [2.24, 2.45) is 0 Å². The normalized spacial score (nSPS) is 11.7. The van der Waals surface area contributed by atoms with E-state index in [1.54, 1.807) is 6.07 Å². The molecule has 0 aliphatic carbocycles. The van der Waals surface area contributed by atoms with Crippen LogP contribution in [0.25, 0.3) is 0 Å². The lowest BCUT2D eigenvalue weighted by Crippen LogP contribution is -2.48. The summed E-state index contributed by atoms with van der Waals surface area (Å²) in [6, 6.07) is 4.97. The van der Waals surface area contributed by atoms with Crippen molar-refractivity contribution in [2.75, 3.05) is 0 Å². The van der Waals surface area contributed by atoms with Crippen LogP contribution in [0.5, 0.6) is 0 Å². The zero-order valence-electron chi connectivity index (χ0n) is 6.77. The fourth-order valence-corrected chi connectivity index (χ4v) is 0.955. The lowest BCUT2D eigenvalue weighted by Gasteiger charge is -2.07. The molecular formula is C8H9F3NO+. The van der Waals surface area contributed by atoms with E-state index in [9.17, 15) is 13.2 Å². The van der Waals surface area contributed by atoms with E-state index in [4.69, 9.17) is 0 Å². The van der Waals surface area contributed by atoms with Crippen molar-refractivity contribution < 1.29 is 23.9 Å². The quantitative estimate of drug-likeness (QED) is 0.706. The Morgan fingerprint density at radius 1 is 1.31 bits per heavy atom. The van der Waals surface area contributed by atoms with Crippen LogP contribution in [-0.2, 0) is 17.6 Å². The van der Waals surface area contributed by atoms with Crippen LogP contribution in [0.2, 0.25) is 0 Å². The molecule has 0 bridgehead atoms. The topological polar surface area (TPSA) is 36.9 Å². The molecule has 0 spiro atoms. The van der Waals surface area contributed by atoms with Gasteiger partial charge in [0.25, 0.3) is 0 Å². The molecule has 0 heterocycles. The molecule has 5 heteroatoms. The van der Waals surface area contributed by atoms with Gasteiger partial charge in [0.15, 0.2) is 0 Å². The Balaban J connectivity index is 2.92. The molecule has 1 aromatic carbocycles. The molecular weight excluding hydrogens is 183 g/mol. The van der Waals surface area contributed by atoms with Crippen LogP contribution in [0, 0.1) is 0 Å². The standard InChI is InChI=1S/C8H9F3NO/c9-8(10,11)7-3-1-2-6(4-7)5-13-12/h1-4H,5H2,12H3/q+1. The highest BCUT2D eigenvalue weighted by atomic mass is 19.4. The lowest BCUT2D eigenvalue weighted by molar-refractivity contribution is -0.695. The summed E-state index contributed by atoms with van der Waals surface area (Å²) < 4.78 is 36.5. The van der Waals surface area contributed by atoms with Crippen molar-refractivity contribution in [1.82, 2.24) is 0 Å². The Hall–Kier alpha value is -1.07. The van der Waals surface area contributed by atoms with Gasteiger partial charge in [-0.1, -0.05) is 12.1 Å². The van der Waals surface area contributed by atoms with Crippen molar-refractivity contribution >= 4 is 0 Å². The van der Waals surface area contributed by atoms with Gasteiger partial charge in [-0.15, -0.1) is 0 Å². The van der Waals surface area contributed by atoms with Crippen LogP contribution >= 0.6 is 0 Å². The highest BCUT2D eigenvalue weighted by Gasteiger charge is 2.30. The molecule has 0 saturated heterocycles. The Kier molecular flexibility index (Phi) is 2.90. The van der Waals surface area contributed by atoms with Crippen molar-refractivity contribution in [3.8, 4) is 0 Å². The number of rotatable bonds is 2. The van der Waals surface area contributed by atoms with Crippen LogP contribution in [-0.4, -0.2) is 0 Å². The highest BCUT2D eigenvalue weighted by molar-refractivity contribution is 5.24. The second-order valence-electron chi connectivity index (χ2n) is 2.55. The van der Waals surface area contributed by atoms with Gasteiger partial charge in [0, 0.05) is 0 Å². The van der Waals surface area contributed by atoms with Crippen molar-refractivity contribution in [2.45, 2.75) is 12.8 Å². The molecule has 0 saturated carbocycles. The summed E-state index contributed by atoms with van der Waals surface area (Å²) in [6.45, 7) is 0.0872. The first-order valence-electron chi connectivity index (χ1n) is 3.57. The van der Waals surface area contributed by atoms with Gasteiger partial charge in [0.1, 0.15) is 6.61 Å². The minimum absolute atomic E-state index is 0.0872. The number of halogens is 3. The van der Waals surface area contributed by atoms with E-state index in [-0.39, 0.29) is 6.61 Å². The zero-order valence-corrected chi connectivity index (χ0v) is 6.77. The van der Waals surface area contributed by atoms with Gasteiger partial charge in [-0.05, 0) is 17.7 Å². The first kappa shape index (κ1) is 10.0. The SMILES string of the molecule is [NH3+]OCc1cccc(C(F)(F)F)c1. The molecule has 0 aliphatic heterocycles. The molecule has 0 aromatic heterocycles. The Labute approximate surface area is 73.1 Å². The zero-order chi connectivity index (χ0) is 9.90. The van der Waals surface area contributed by atoms with Gasteiger partial charge in [0.05, 0.1) is 5.56 Å². The maximum atomic E-state index is 12.2. The second kappa shape index (κ2) is 3.76. The Morgan fingerprint density at radius 2 is 2.00 bits per heavy atom. The van der Waals surface area contributed by atoms with E-state index in [2.05, 4.69) is 10.7 Å². The van der Waals surface area contributed by atoms with Gasteiger partial charge in [-0.25, -0.2) is 10.7 Å². The van der Waals surface area contributed by atoms with Crippen molar-refractivity contribution in [1.29, 1.82) is 0 Å². The number of quaternary nitrogens is 1. The third-order valence-corrected chi connectivity index (χ3v) is 1.52. The molecule has 0 amide bonds. The summed E-state index contributed by atoms with van der Waals surface area (Å²) in [4.78, 5) is 4.48. The third kappa shape index (κ3) is 2.71. The van der Waals surface area contributed by atoms with E-state index in [1.165, 1.54) is 6.07 Å². The van der Waals surface area contributed by atoms with Crippen LogP contribution in [0.3, 0.4) is 0 Å². The van der Waals surface area contributed by atoms with Gasteiger partial charge in [-0.2, -0.15) is 13.2 Å². The molecule has 0 radical (unpaired) electrons. The summed E-state index contributed by atoms with van der Waals surface area (Å²) in [5.41, 5.74) is -0.202. The van der Waals surface area contributed by atoms with Gasteiger partial charge >= 0.3 is 6.18 Å². The van der Waals surface area contributed by atoms with Crippen molar-refractivity contribution in [3.05, 3.63) is 35.4 Å². The number of hydrogen-bond acceptors (Lipinski definition) is 1. The number of alkyl halides is 3. The predicted octanol–water partition coefficient (Wildman–Crippen LogP) is 1.38. The van der Waals surface area contributed by atoms with Crippen molar-refractivity contribution in [3.63, 3.8) is 0 Å².